The second-order valence-corrected chi connectivity index (χ2v) is 4.98. The third-order valence-corrected chi connectivity index (χ3v) is 3.74. The summed E-state index contributed by atoms with van der Waals surface area (Å²) in [6.07, 6.45) is 2.27. The molecule has 1 aliphatic heterocycles. The first kappa shape index (κ1) is 10.8. The van der Waals surface area contributed by atoms with Crippen LogP contribution in [0.2, 0.25) is 0 Å². The summed E-state index contributed by atoms with van der Waals surface area (Å²) in [5.41, 5.74) is 3.51. The molecule has 0 radical (unpaired) electrons. The van der Waals surface area contributed by atoms with E-state index in [1.54, 1.807) is 6.07 Å². The molecule has 1 aromatic carbocycles. The summed E-state index contributed by atoms with van der Waals surface area (Å²) >= 11 is 0. The highest BCUT2D eigenvalue weighted by molar-refractivity contribution is 5.84. The molecule has 0 bridgehead atoms. The first-order valence-electron chi connectivity index (χ1n) is 6.21. The summed E-state index contributed by atoms with van der Waals surface area (Å²) < 4.78 is 13.3. The van der Waals surface area contributed by atoms with Crippen molar-refractivity contribution in [3.8, 4) is 0 Å². The van der Waals surface area contributed by atoms with Gasteiger partial charge in [0.05, 0.1) is 0 Å². The number of rotatable bonds is 2. The van der Waals surface area contributed by atoms with Crippen molar-refractivity contribution >= 4 is 10.9 Å². The second kappa shape index (κ2) is 4.15. The molecule has 2 nitrogen and oxygen atoms in total. The highest BCUT2D eigenvalue weighted by atomic mass is 19.1. The molecule has 0 aliphatic carbocycles. The minimum absolute atomic E-state index is 0.151. The molecule has 3 rings (SSSR count). The summed E-state index contributed by atoms with van der Waals surface area (Å²) in [6.45, 7) is 4.28. The van der Waals surface area contributed by atoms with Crippen molar-refractivity contribution in [1.82, 2.24) is 10.3 Å². The van der Waals surface area contributed by atoms with Gasteiger partial charge in [-0.05, 0) is 62.5 Å². The number of aryl methyl sites for hydroxylation is 1. The van der Waals surface area contributed by atoms with Gasteiger partial charge in [-0.3, -0.25) is 0 Å². The molecule has 0 saturated carbocycles. The average Bonchev–Trinajstić information content (AvgIpc) is 2.90. The van der Waals surface area contributed by atoms with Crippen molar-refractivity contribution in [2.75, 3.05) is 13.1 Å². The topological polar surface area (TPSA) is 27.8 Å². The van der Waals surface area contributed by atoms with Crippen molar-refractivity contribution in [2.24, 2.45) is 5.92 Å². The maximum atomic E-state index is 13.3. The molecule has 3 heteroatoms. The van der Waals surface area contributed by atoms with Crippen LogP contribution >= 0.6 is 0 Å². The van der Waals surface area contributed by atoms with Gasteiger partial charge in [0, 0.05) is 16.6 Å². The second-order valence-electron chi connectivity index (χ2n) is 4.98. The predicted molar refractivity (Wildman–Crippen MR) is 67.7 cm³/mol. The summed E-state index contributed by atoms with van der Waals surface area (Å²) in [5, 5.41) is 4.43. The Bertz CT molecular complexity index is 538. The van der Waals surface area contributed by atoms with E-state index in [1.807, 2.05) is 6.07 Å². The Morgan fingerprint density at radius 3 is 3.06 bits per heavy atom. The minimum Gasteiger partial charge on any atom is -0.358 e. The zero-order valence-electron chi connectivity index (χ0n) is 10.0. The molecular formula is C14H17FN2. The Morgan fingerprint density at radius 2 is 2.29 bits per heavy atom. The lowest BCUT2D eigenvalue weighted by Crippen LogP contribution is -2.11. The van der Waals surface area contributed by atoms with E-state index >= 15 is 0 Å². The summed E-state index contributed by atoms with van der Waals surface area (Å²) in [6, 6.07) is 4.99. The molecular weight excluding hydrogens is 215 g/mol. The molecule has 90 valence electrons. The van der Waals surface area contributed by atoms with Crippen LogP contribution in [0.4, 0.5) is 4.39 Å². The molecule has 1 aliphatic rings. The van der Waals surface area contributed by atoms with Crippen LogP contribution in [0.25, 0.3) is 10.9 Å². The lowest BCUT2D eigenvalue weighted by molar-refractivity contribution is 0.580. The maximum Gasteiger partial charge on any atom is 0.123 e. The van der Waals surface area contributed by atoms with E-state index in [2.05, 4.69) is 17.2 Å². The molecule has 0 amide bonds. The third-order valence-electron chi connectivity index (χ3n) is 3.74. The Kier molecular flexibility index (Phi) is 2.63. The van der Waals surface area contributed by atoms with Gasteiger partial charge in [0.25, 0.3) is 0 Å². The highest BCUT2D eigenvalue weighted by Crippen LogP contribution is 2.27. The summed E-state index contributed by atoms with van der Waals surface area (Å²) in [4.78, 5) is 3.34. The number of aromatic amines is 1. The SMILES string of the molecule is Cc1[nH]c2ccc(F)cc2c1CC1CCNC1. The smallest absolute Gasteiger partial charge is 0.123 e. The lowest BCUT2D eigenvalue weighted by Gasteiger charge is -2.08. The first-order chi connectivity index (χ1) is 8.24. The van der Waals surface area contributed by atoms with Crippen molar-refractivity contribution in [1.29, 1.82) is 0 Å². The summed E-state index contributed by atoms with van der Waals surface area (Å²) in [5.74, 6) is 0.540. The van der Waals surface area contributed by atoms with Gasteiger partial charge in [-0.25, -0.2) is 4.39 Å². The Balaban J connectivity index is 2.01. The average molecular weight is 232 g/mol. The van der Waals surface area contributed by atoms with Crippen molar-refractivity contribution in [3.63, 3.8) is 0 Å². The van der Waals surface area contributed by atoms with Crippen molar-refractivity contribution in [2.45, 2.75) is 19.8 Å². The molecule has 1 aromatic heterocycles. The molecule has 2 aromatic rings. The standard InChI is InChI=1S/C14H17FN2/c1-9-12(6-10-4-5-16-8-10)13-7-11(15)2-3-14(13)17-9/h2-3,7,10,16-17H,4-6,8H2,1H3. The molecule has 0 spiro atoms. The number of aromatic nitrogens is 1. The molecule has 1 unspecified atom stereocenters. The van der Waals surface area contributed by atoms with Crippen molar-refractivity contribution < 1.29 is 4.39 Å². The number of benzene rings is 1. The van der Waals surface area contributed by atoms with Crippen LogP contribution in [-0.2, 0) is 6.42 Å². The quantitative estimate of drug-likeness (QED) is 0.818. The van der Waals surface area contributed by atoms with Crippen LogP contribution in [0.1, 0.15) is 17.7 Å². The van der Waals surface area contributed by atoms with Crippen LogP contribution in [0.15, 0.2) is 18.2 Å². The molecule has 17 heavy (non-hydrogen) atoms. The minimum atomic E-state index is -0.151. The van der Waals surface area contributed by atoms with E-state index in [9.17, 15) is 4.39 Å². The number of nitrogens with one attached hydrogen (secondary N) is 2. The Labute approximate surface area is 100 Å². The van der Waals surface area contributed by atoms with E-state index in [1.165, 1.54) is 23.7 Å². The largest absolute Gasteiger partial charge is 0.358 e. The van der Waals surface area contributed by atoms with Crippen LogP contribution in [0, 0.1) is 18.7 Å². The number of halogens is 1. The highest BCUT2D eigenvalue weighted by Gasteiger charge is 2.18. The molecule has 2 heterocycles. The van der Waals surface area contributed by atoms with Crippen LogP contribution < -0.4 is 5.32 Å². The number of hydrogen-bond donors (Lipinski definition) is 2. The zero-order valence-corrected chi connectivity index (χ0v) is 10.0. The van der Waals surface area contributed by atoms with Gasteiger partial charge in [0.2, 0.25) is 0 Å². The molecule has 1 fully saturated rings. The van der Waals surface area contributed by atoms with Gasteiger partial charge in [-0.2, -0.15) is 0 Å². The van der Waals surface area contributed by atoms with Crippen LogP contribution in [-0.4, -0.2) is 18.1 Å². The van der Waals surface area contributed by atoms with E-state index < -0.39 is 0 Å². The van der Waals surface area contributed by atoms with E-state index in [0.717, 1.165) is 30.4 Å². The Hall–Kier alpha value is -1.35. The number of hydrogen-bond acceptors (Lipinski definition) is 1. The number of fused-ring (bicyclic) bond motifs is 1. The van der Waals surface area contributed by atoms with Gasteiger partial charge in [-0.1, -0.05) is 0 Å². The fourth-order valence-corrected chi connectivity index (χ4v) is 2.79. The fraction of sp³-hybridized carbons (Fsp3) is 0.429. The monoisotopic (exact) mass is 232 g/mol. The van der Waals surface area contributed by atoms with Gasteiger partial charge in [0.15, 0.2) is 0 Å². The zero-order chi connectivity index (χ0) is 11.8. The predicted octanol–water partition coefficient (Wildman–Crippen LogP) is 2.77. The Morgan fingerprint density at radius 1 is 1.41 bits per heavy atom. The lowest BCUT2D eigenvalue weighted by atomic mass is 9.96. The first-order valence-corrected chi connectivity index (χ1v) is 6.21. The third kappa shape index (κ3) is 1.95. The van der Waals surface area contributed by atoms with Gasteiger partial charge in [0.1, 0.15) is 5.82 Å². The van der Waals surface area contributed by atoms with Gasteiger partial charge >= 0.3 is 0 Å². The normalized spacial score (nSPS) is 20.2. The van der Waals surface area contributed by atoms with Gasteiger partial charge in [-0.15, -0.1) is 0 Å². The number of H-pyrrole nitrogens is 1. The molecule has 1 saturated heterocycles. The summed E-state index contributed by atoms with van der Waals surface area (Å²) in [7, 11) is 0. The van der Waals surface area contributed by atoms with E-state index in [-0.39, 0.29) is 5.82 Å². The van der Waals surface area contributed by atoms with Crippen molar-refractivity contribution in [3.05, 3.63) is 35.3 Å². The van der Waals surface area contributed by atoms with E-state index in [0.29, 0.717) is 5.92 Å². The fourth-order valence-electron chi connectivity index (χ4n) is 2.79. The van der Waals surface area contributed by atoms with Crippen LogP contribution in [0.5, 0.6) is 0 Å². The van der Waals surface area contributed by atoms with Crippen LogP contribution in [0.3, 0.4) is 0 Å². The molecule has 2 N–H and O–H groups in total. The van der Waals surface area contributed by atoms with Gasteiger partial charge < -0.3 is 10.3 Å². The van der Waals surface area contributed by atoms with E-state index in [4.69, 9.17) is 0 Å². The molecule has 1 atom stereocenters. The maximum absolute atomic E-state index is 13.3.